The largest absolute Gasteiger partial charge is 0.372 e. The van der Waals surface area contributed by atoms with Gasteiger partial charge in [-0.25, -0.2) is 0 Å². The van der Waals surface area contributed by atoms with E-state index >= 15 is 0 Å². The molecule has 0 aromatic heterocycles. The maximum atomic E-state index is 11.9. The maximum Gasteiger partial charge on any atom is 0.246 e. The molecule has 0 saturated carbocycles. The number of nitrogens with one attached hydrogen (secondary N) is 3. The van der Waals surface area contributed by atoms with Crippen molar-refractivity contribution >= 4 is 23.5 Å². The number of carbonyl (C=O) groups excluding carboxylic acids is 4. The van der Waals surface area contributed by atoms with E-state index in [2.05, 4.69) is 21.9 Å². The van der Waals surface area contributed by atoms with Gasteiger partial charge in [-0.3, -0.25) is 19.2 Å². The SMILES string of the molecule is C#CCCC(=O)NCCOCC(=O)N[C@@H](C)C(=O)CCCOCC(=O)NC. The van der Waals surface area contributed by atoms with Crippen molar-refractivity contribution in [1.82, 2.24) is 16.0 Å². The Morgan fingerprint density at radius 2 is 1.67 bits per heavy atom. The van der Waals surface area contributed by atoms with Crippen LogP contribution in [0, 0.1) is 12.3 Å². The molecular weight excluding hydrogens is 354 g/mol. The minimum atomic E-state index is -0.636. The van der Waals surface area contributed by atoms with Gasteiger partial charge >= 0.3 is 0 Å². The highest BCUT2D eigenvalue weighted by molar-refractivity contribution is 5.89. The van der Waals surface area contributed by atoms with Gasteiger partial charge in [0, 0.05) is 39.5 Å². The summed E-state index contributed by atoms with van der Waals surface area (Å²) < 4.78 is 10.2. The molecular formula is C18H29N3O6. The molecule has 3 N–H and O–H groups in total. The zero-order chi connectivity index (χ0) is 20.5. The van der Waals surface area contributed by atoms with Gasteiger partial charge < -0.3 is 25.4 Å². The first kappa shape index (κ1) is 24.6. The predicted octanol–water partition coefficient (Wildman–Crippen LogP) is -0.851. The Labute approximate surface area is 159 Å². The Hall–Kier alpha value is -2.44. The molecule has 1 atom stereocenters. The molecule has 0 unspecified atom stereocenters. The van der Waals surface area contributed by atoms with Crippen LogP contribution in [0.5, 0.6) is 0 Å². The molecule has 0 aromatic rings. The van der Waals surface area contributed by atoms with Crippen LogP contribution in [0.25, 0.3) is 0 Å². The van der Waals surface area contributed by atoms with E-state index in [0.29, 0.717) is 12.8 Å². The van der Waals surface area contributed by atoms with Crippen molar-refractivity contribution in [3.63, 3.8) is 0 Å². The zero-order valence-corrected chi connectivity index (χ0v) is 16.0. The number of rotatable bonds is 15. The van der Waals surface area contributed by atoms with Crippen molar-refractivity contribution in [2.45, 2.75) is 38.6 Å². The first-order chi connectivity index (χ1) is 12.9. The fraction of sp³-hybridized carbons (Fsp3) is 0.667. The van der Waals surface area contributed by atoms with Crippen LogP contribution < -0.4 is 16.0 Å². The van der Waals surface area contributed by atoms with Crippen molar-refractivity contribution in [2.24, 2.45) is 0 Å². The third-order valence-corrected chi connectivity index (χ3v) is 3.38. The van der Waals surface area contributed by atoms with Crippen LogP contribution in [-0.4, -0.2) is 69.6 Å². The molecule has 27 heavy (non-hydrogen) atoms. The first-order valence-electron chi connectivity index (χ1n) is 8.79. The van der Waals surface area contributed by atoms with E-state index in [-0.39, 0.29) is 63.4 Å². The summed E-state index contributed by atoms with van der Waals surface area (Å²) in [5, 5.41) is 7.58. The number of hydrogen-bond acceptors (Lipinski definition) is 6. The molecule has 0 fully saturated rings. The summed E-state index contributed by atoms with van der Waals surface area (Å²) in [7, 11) is 1.51. The van der Waals surface area contributed by atoms with Gasteiger partial charge in [0.2, 0.25) is 17.7 Å². The first-order valence-corrected chi connectivity index (χ1v) is 8.79. The fourth-order valence-electron chi connectivity index (χ4n) is 1.87. The monoisotopic (exact) mass is 383 g/mol. The lowest BCUT2D eigenvalue weighted by atomic mass is 10.1. The van der Waals surface area contributed by atoms with Gasteiger partial charge in [0.1, 0.15) is 13.2 Å². The van der Waals surface area contributed by atoms with Crippen molar-refractivity contribution in [2.75, 3.05) is 40.0 Å². The van der Waals surface area contributed by atoms with Crippen molar-refractivity contribution < 1.29 is 28.7 Å². The summed E-state index contributed by atoms with van der Waals surface area (Å²) in [6.07, 6.45) is 6.39. The fourth-order valence-corrected chi connectivity index (χ4v) is 1.87. The molecule has 0 saturated heterocycles. The van der Waals surface area contributed by atoms with E-state index in [0.717, 1.165) is 0 Å². The molecule has 0 heterocycles. The van der Waals surface area contributed by atoms with E-state index in [9.17, 15) is 19.2 Å². The molecule has 3 amide bonds. The molecule has 0 radical (unpaired) electrons. The van der Waals surface area contributed by atoms with Crippen LogP contribution in [0.15, 0.2) is 0 Å². The zero-order valence-electron chi connectivity index (χ0n) is 16.0. The highest BCUT2D eigenvalue weighted by atomic mass is 16.5. The van der Waals surface area contributed by atoms with Crippen molar-refractivity contribution in [3.05, 3.63) is 0 Å². The average molecular weight is 383 g/mol. The molecule has 0 aliphatic carbocycles. The van der Waals surface area contributed by atoms with Crippen LogP contribution in [-0.2, 0) is 28.7 Å². The molecule has 0 aliphatic heterocycles. The van der Waals surface area contributed by atoms with Crippen molar-refractivity contribution in [1.29, 1.82) is 0 Å². The van der Waals surface area contributed by atoms with Crippen molar-refractivity contribution in [3.8, 4) is 12.3 Å². The quantitative estimate of drug-likeness (QED) is 0.250. The van der Waals surface area contributed by atoms with Gasteiger partial charge in [0.25, 0.3) is 0 Å². The number of Topliss-reactive ketones (excluding diaryl/α,β-unsaturated/α-hetero) is 1. The Morgan fingerprint density at radius 3 is 2.33 bits per heavy atom. The molecule has 9 nitrogen and oxygen atoms in total. The predicted molar refractivity (Wildman–Crippen MR) is 98.6 cm³/mol. The Balaban J connectivity index is 3.72. The summed E-state index contributed by atoms with van der Waals surface area (Å²) >= 11 is 0. The highest BCUT2D eigenvalue weighted by Gasteiger charge is 2.15. The number of amides is 3. The standard InChI is InChI=1S/C18H29N3O6/c1-4-5-8-16(23)20-9-11-27-13-18(25)21-14(2)15(22)7-6-10-26-12-17(24)19-3/h1,14H,5-13H2,2-3H3,(H,19,24)(H,20,23)(H,21,25)/t14-/m0/s1. The van der Waals surface area contributed by atoms with Gasteiger partial charge in [0.15, 0.2) is 5.78 Å². The number of likely N-dealkylation sites (N-methyl/N-ethyl adjacent to an activating group) is 1. The Bertz CT molecular complexity index is 530. The number of terminal acetylenes is 1. The topological polar surface area (TPSA) is 123 Å². The van der Waals surface area contributed by atoms with Crippen LogP contribution in [0.4, 0.5) is 0 Å². The molecule has 152 valence electrons. The van der Waals surface area contributed by atoms with Gasteiger partial charge in [-0.15, -0.1) is 12.3 Å². The van der Waals surface area contributed by atoms with E-state index in [4.69, 9.17) is 15.9 Å². The van der Waals surface area contributed by atoms with Gasteiger partial charge in [-0.1, -0.05) is 0 Å². The van der Waals surface area contributed by atoms with Crippen LogP contribution >= 0.6 is 0 Å². The molecule has 0 aromatic carbocycles. The summed E-state index contributed by atoms with van der Waals surface area (Å²) in [5.41, 5.74) is 0. The van der Waals surface area contributed by atoms with E-state index < -0.39 is 11.9 Å². The second kappa shape index (κ2) is 15.8. The average Bonchev–Trinajstić information content (AvgIpc) is 2.65. The van der Waals surface area contributed by atoms with Gasteiger partial charge in [-0.2, -0.15) is 0 Å². The summed E-state index contributed by atoms with van der Waals surface area (Å²) in [6.45, 7) is 2.10. The highest BCUT2D eigenvalue weighted by Crippen LogP contribution is 1.97. The minimum Gasteiger partial charge on any atom is -0.372 e. The Morgan fingerprint density at radius 1 is 1.00 bits per heavy atom. The summed E-state index contributed by atoms with van der Waals surface area (Å²) in [5.74, 6) is 1.43. The molecule has 0 aliphatic rings. The number of ketones is 1. The van der Waals surface area contributed by atoms with Crippen LogP contribution in [0.1, 0.15) is 32.6 Å². The second-order valence-electron chi connectivity index (χ2n) is 5.69. The molecule has 0 bridgehead atoms. The van der Waals surface area contributed by atoms with Crippen LogP contribution in [0.3, 0.4) is 0 Å². The number of hydrogen-bond donors (Lipinski definition) is 3. The molecule has 0 rings (SSSR count). The lowest BCUT2D eigenvalue weighted by molar-refractivity contribution is -0.130. The Kier molecular flexibility index (Phi) is 14.4. The third kappa shape index (κ3) is 14.4. The van der Waals surface area contributed by atoms with E-state index in [1.54, 1.807) is 6.92 Å². The molecule has 0 spiro atoms. The van der Waals surface area contributed by atoms with E-state index in [1.165, 1.54) is 7.05 Å². The van der Waals surface area contributed by atoms with Gasteiger partial charge in [-0.05, 0) is 13.3 Å². The second-order valence-corrected chi connectivity index (χ2v) is 5.69. The normalized spacial score (nSPS) is 11.1. The van der Waals surface area contributed by atoms with E-state index in [1.807, 2.05) is 0 Å². The lowest BCUT2D eigenvalue weighted by Gasteiger charge is -2.13. The third-order valence-electron chi connectivity index (χ3n) is 3.38. The summed E-state index contributed by atoms with van der Waals surface area (Å²) in [6, 6.07) is -0.636. The van der Waals surface area contributed by atoms with Crippen LogP contribution in [0.2, 0.25) is 0 Å². The maximum absolute atomic E-state index is 11.9. The minimum absolute atomic E-state index is 0.0430. The summed E-state index contributed by atoms with van der Waals surface area (Å²) in [4.78, 5) is 45.9. The van der Waals surface area contributed by atoms with Gasteiger partial charge in [0.05, 0.1) is 12.6 Å². The smallest absolute Gasteiger partial charge is 0.246 e. The molecule has 9 heteroatoms. The number of ether oxygens (including phenoxy) is 2. The number of carbonyl (C=O) groups is 4. The lowest BCUT2D eigenvalue weighted by Crippen LogP contribution is -2.40.